The molecule has 0 saturated heterocycles. The molecule has 0 aliphatic carbocycles. The van der Waals surface area contributed by atoms with E-state index in [1.54, 1.807) is 8.93 Å². The first kappa shape index (κ1) is 8.70. The van der Waals surface area contributed by atoms with Gasteiger partial charge in [-0.2, -0.15) is 0 Å². The highest BCUT2D eigenvalue weighted by Crippen LogP contribution is 2.26. The van der Waals surface area contributed by atoms with E-state index in [2.05, 4.69) is 33.3 Å². The van der Waals surface area contributed by atoms with Crippen LogP contribution < -0.4 is 5.14 Å². The predicted molar refractivity (Wildman–Crippen MR) is 56.4 cm³/mol. The molecule has 0 saturated carbocycles. The van der Waals surface area contributed by atoms with Gasteiger partial charge in [-0.1, -0.05) is 8.93 Å². The Morgan fingerprint density at radius 3 is 2.00 bits per heavy atom. The van der Waals surface area contributed by atoms with Crippen molar-refractivity contribution in [3.05, 3.63) is 24.3 Å². The lowest BCUT2D eigenvalue weighted by atomic mass is 10.4. The lowest BCUT2D eigenvalue weighted by Gasteiger charge is -1.95. The molecule has 54 valence electrons. The Bertz CT molecular complexity index is 176. The molecule has 1 rings (SSSR count). The quantitative estimate of drug-likeness (QED) is 0.667. The number of rotatable bonds is 2. The maximum absolute atomic E-state index is 5.35. The minimum Gasteiger partial charge on any atom is -0.274 e. The van der Waals surface area contributed by atoms with Crippen molar-refractivity contribution in [3.8, 4) is 0 Å². The van der Waals surface area contributed by atoms with E-state index in [0.29, 0.717) is 0 Å². The number of hydrogen-bond acceptors (Lipinski definition) is 3. The van der Waals surface area contributed by atoms with Gasteiger partial charge >= 0.3 is 0 Å². The lowest BCUT2D eigenvalue weighted by Crippen LogP contribution is -1.77. The van der Waals surface area contributed by atoms with Crippen molar-refractivity contribution < 1.29 is 0 Å². The summed E-state index contributed by atoms with van der Waals surface area (Å²) in [4.78, 5) is 2.37. The molecule has 1 aromatic carbocycles. The van der Waals surface area contributed by atoms with Crippen LogP contribution in [0.3, 0.4) is 0 Å². The standard InChI is InChI=1S/C6H6INS2/c7-9-5-1-3-6(10-8)4-2-5/h1-4H,8H2. The van der Waals surface area contributed by atoms with E-state index in [1.807, 2.05) is 12.1 Å². The van der Waals surface area contributed by atoms with E-state index in [9.17, 15) is 0 Å². The van der Waals surface area contributed by atoms with Crippen LogP contribution in [0, 0.1) is 0 Å². The molecule has 0 aromatic heterocycles. The molecule has 2 N–H and O–H groups in total. The van der Waals surface area contributed by atoms with Crippen LogP contribution in [0.2, 0.25) is 0 Å². The van der Waals surface area contributed by atoms with Gasteiger partial charge in [0, 0.05) is 31.0 Å². The molecule has 1 aromatic rings. The predicted octanol–water partition coefficient (Wildman–Crippen LogP) is 3.09. The molecular weight excluding hydrogens is 277 g/mol. The van der Waals surface area contributed by atoms with Crippen LogP contribution in [0.15, 0.2) is 34.1 Å². The molecule has 0 amide bonds. The largest absolute Gasteiger partial charge is 0.274 e. The number of halogens is 1. The van der Waals surface area contributed by atoms with Crippen molar-refractivity contribution in [1.29, 1.82) is 0 Å². The zero-order valence-corrected chi connectivity index (χ0v) is 8.87. The molecule has 0 unspecified atom stereocenters. The van der Waals surface area contributed by atoms with Gasteiger partial charge in [-0.05, 0) is 36.2 Å². The normalized spacial score (nSPS) is 9.80. The van der Waals surface area contributed by atoms with Crippen LogP contribution >= 0.6 is 42.1 Å². The second-order valence-corrected chi connectivity index (χ2v) is 4.32. The van der Waals surface area contributed by atoms with Crippen molar-refractivity contribution in [2.24, 2.45) is 5.14 Å². The summed E-state index contributed by atoms with van der Waals surface area (Å²) in [6.45, 7) is 0. The molecule has 0 bridgehead atoms. The van der Waals surface area contributed by atoms with Gasteiger partial charge in [0.05, 0.1) is 0 Å². The third-order valence-electron chi connectivity index (χ3n) is 1.05. The van der Waals surface area contributed by atoms with E-state index in [1.165, 1.54) is 16.8 Å². The Balaban J connectivity index is 2.80. The monoisotopic (exact) mass is 283 g/mol. The van der Waals surface area contributed by atoms with E-state index in [0.717, 1.165) is 4.90 Å². The molecular formula is C6H6INS2. The van der Waals surface area contributed by atoms with Crippen molar-refractivity contribution in [3.63, 3.8) is 0 Å². The van der Waals surface area contributed by atoms with Crippen LogP contribution in [0.5, 0.6) is 0 Å². The average Bonchev–Trinajstić information content (AvgIpc) is 2.05. The molecule has 4 heteroatoms. The highest BCUT2D eigenvalue weighted by Gasteiger charge is 1.90. The van der Waals surface area contributed by atoms with Crippen LogP contribution in [-0.4, -0.2) is 0 Å². The third-order valence-corrected chi connectivity index (χ3v) is 3.57. The van der Waals surface area contributed by atoms with Crippen molar-refractivity contribution >= 4 is 42.1 Å². The molecule has 0 atom stereocenters. The molecule has 0 radical (unpaired) electrons. The van der Waals surface area contributed by atoms with E-state index >= 15 is 0 Å². The molecule has 10 heavy (non-hydrogen) atoms. The molecule has 0 aliphatic heterocycles. The smallest absolute Gasteiger partial charge is 0.0226 e. The van der Waals surface area contributed by atoms with Gasteiger partial charge in [-0.15, -0.1) is 0 Å². The van der Waals surface area contributed by atoms with Gasteiger partial charge in [0.1, 0.15) is 0 Å². The molecule has 0 fully saturated rings. The molecule has 0 heterocycles. The molecule has 0 aliphatic rings. The van der Waals surface area contributed by atoms with E-state index in [4.69, 9.17) is 5.14 Å². The zero-order valence-electron chi connectivity index (χ0n) is 5.08. The van der Waals surface area contributed by atoms with Crippen LogP contribution in [-0.2, 0) is 0 Å². The Morgan fingerprint density at radius 1 is 1.10 bits per heavy atom. The second kappa shape index (κ2) is 4.48. The van der Waals surface area contributed by atoms with E-state index < -0.39 is 0 Å². The summed E-state index contributed by atoms with van der Waals surface area (Å²) in [5.74, 6) is 0. The summed E-state index contributed by atoms with van der Waals surface area (Å²) in [6, 6.07) is 8.16. The molecule has 0 spiro atoms. The van der Waals surface area contributed by atoms with Gasteiger partial charge in [0.2, 0.25) is 0 Å². The highest BCUT2D eigenvalue weighted by molar-refractivity contribution is 14.2. The second-order valence-electron chi connectivity index (χ2n) is 1.67. The van der Waals surface area contributed by atoms with Crippen molar-refractivity contribution in [2.75, 3.05) is 0 Å². The lowest BCUT2D eigenvalue weighted by molar-refractivity contribution is 1.36. The number of hydrogen-bond donors (Lipinski definition) is 1. The van der Waals surface area contributed by atoms with Crippen molar-refractivity contribution in [1.82, 2.24) is 0 Å². The SMILES string of the molecule is NSc1ccc(SI)cc1. The van der Waals surface area contributed by atoms with Crippen molar-refractivity contribution in [2.45, 2.75) is 9.79 Å². The first-order chi connectivity index (χ1) is 4.86. The fourth-order valence-corrected chi connectivity index (χ4v) is 1.98. The average molecular weight is 283 g/mol. The Hall–Kier alpha value is 0.610. The van der Waals surface area contributed by atoms with Gasteiger partial charge in [-0.3, -0.25) is 5.14 Å². The minimum atomic E-state index is 1.11. The van der Waals surface area contributed by atoms with Crippen LogP contribution in [0.4, 0.5) is 0 Å². The topological polar surface area (TPSA) is 26.0 Å². The van der Waals surface area contributed by atoms with Gasteiger partial charge in [-0.25, -0.2) is 0 Å². The summed E-state index contributed by atoms with van der Waals surface area (Å²) >= 11 is 3.53. The minimum absolute atomic E-state index is 1.11. The number of nitrogens with two attached hydrogens (primary N) is 1. The first-order valence-corrected chi connectivity index (χ1v) is 6.86. The first-order valence-electron chi connectivity index (χ1n) is 2.62. The number of benzene rings is 1. The Morgan fingerprint density at radius 2 is 1.60 bits per heavy atom. The van der Waals surface area contributed by atoms with Crippen LogP contribution in [0.25, 0.3) is 0 Å². The molecule has 1 nitrogen and oxygen atoms in total. The maximum atomic E-state index is 5.35. The Labute approximate surface area is 80.9 Å². The summed E-state index contributed by atoms with van der Waals surface area (Å²) < 4.78 is 0. The van der Waals surface area contributed by atoms with Gasteiger partial charge in [0.15, 0.2) is 0 Å². The maximum Gasteiger partial charge on any atom is 0.0226 e. The fraction of sp³-hybridized carbons (Fsp3) is 0. The van der Waals surface area contributed by atoms with Gasteiger partial charge in [0.25, 0.3) is 0 Å². The van der Waals surface area contributed by atoms with E-state index in [-0.39, 0.29) is 0 Å². The highest BCUT2D eigenvalue weighted by atomic mass is 127. The Kier molecular flexibility index (Phi) is 3.90. The summed E-state index contributed by atoms with van der Waals surface area (Å²) in [5.41, 5.74) is 0. The summed E-state index contributed by atoms with van der Waals surface area (Å²) in [5, 5.41) is 5.35. The zero-order chi connectivity index (χ0) is 7.40. The van der Waals surface area contributed by atoms with Crippen LogP contribution in [0.1, 0.15) is 0 Å². The van der Waals surface area contributed by atoms with Gasteiger partial charge < -0.3 is 0 Å². The fourth-order valence-electron chi connectivity index (χ4n) is 0.570. The summed E-state index contributed by atoms with van der Waals surface area (Å²) in [7, 11) is 1.71. The summed E-state index contributed by atoms with van der Waals surface area (Å²) in [6.07, 6.45) is 0. The third kappa shape index (κ3) is 2.34.